The molecule has 4 heterocycles. The Kier molecular flexibility index (Phi) is 6.00. The Morgan fingerprint density at radius 1 is 1.24 bits per heavy atom. The van der Waals surface area contributed by atoms with Crippen molar-refractivity contribution in [3.05, 3.63) is 59.7 Å². The first-order valence-electron chi connectivity index (χ1n) is 12.8. The number of halogens is 1. The van der Waals surface area contributed by atoms with E-state index in [1.165, 1.54) is 0 Å². The number of aromatic nitrogens is 4. The number of H-pyrrole nitrogens is 2. The molecule has 0 radical (unpaired) electrons. The van der Waals surface area contributed by atoms with E-state index in [0.717, 1.165) is 48.2 Å². The van der Waals surface area contributed by atoms with Crippen LogP contribution in [0.2, 0.25) is 0 Å². The van der Waals surface area contributed by atoms with Gasteiger partial charge in [-0.1, -0.05) is 25.1 Å². The topological polar surface area (TPSA) is 110 Å². The zero-order valence-electron chi connectivity index (χ0n) is 20.6. The van der Waals surface area contributed by atoms with Crippen molar-refractivity contribution in [2.75, 3.05) is 19.6 Å². The molecule has 2 aromatic heterocycles. The van der Waals surface area contributed by atoms with Gasteiger partial charge in [-0.05, 0) is 67.1 Å². The molecule has 1 amide bonds. The maximum atomic E-state index is 15.6. The van der Waals surface area contributed by atoms with Crippen molar-refractivity contribution in [1.29, 1.82) is 0 Å². The number of hydrogen-bond acceptors (Lipinski definition) is 5. The highest BCUT2D eigenvalue weighted by atomic mass is 19.1. The first-order valence-corrected chi connectivity index (χ1v) is 12.8. The van der Waals surface area contributed by atoms with Gasteiger partial charge in [0, 0.05) is 30.2 Å². The van der Waals surface area contributed by atoms with Crippen molar-refractivity contribution in [2.45, 2.75) is 38.6 Å². The fraction of sp³-hybridized carbons (Fsp3) is 0.321. The monoisotopic (exact) mass is 500 g/mol. The van der Waals surface area contributed by atoms with E-state index in [-0.39, 0.29) is 23.5 Å². The molecule has 0 saturated carbocycles. The van der Waals surface area contributed by atoms with Crippen molar-refractivity contribution in [3.8, 4) is 28.4 Å². The lowest BCUT2D eigenvalue weighted by Gasteiger charge is -2.28. The molecule has 2 aliphatic heterocycles. The number of nitrogens with zero attached hydrogens (tertiary/aromatic N) is 3. The van der Waals surface area contributed by atoms with Crippen LogP contribution in [0.25, 0.3) is 39.1 Å². The van der Waals surface area contributed by atoms with Gasteiger partial charge in [0.1, 0.15) is 17.0 Å². The Balaban J connectivity index is 1.25. The van der Waals surface area contributed by atoms with Crippen molar-refractivity contribution < 1.29 is 14.3 Å². The smallest absolute Gasteiger partial charge is 0.239 e. The molecule has 2 aliphatic rings. The second-order valence-corrected chi connectivity index (χ2v) is 9.66. The van der Waals surface area contributed by atoms with Gasteiger partial charge in [-0.25, -0.2) is 9.37 Å². The number of phenols is 1. The number of nitrogens with one attached hydrogen (secondary N) is 3. The molecule has 4 aromatic rings. The molecule has 1 atom stereocenters. The Hall–Kier alpha value is -3.98. The summed E-state index contributed by atoms with van der Waals surface area (Å²) in [7, 11) is 0. The van der Waals surface area contributed by atoms with Crippen LogP contribution < -0.4 is 5.32 Å². The van der Waals surface area contributed by atoms with Gasteiger partial charge in [0.05, 0.1) is 11.7 Å². The zero-order chi connectivity index (χ0) is 25.5. The predicted octanol–water partition coefficient (Wildman–Crippen LogP) is 4.39. The summed E-state index contributed by atoms with van der Waals surface area (Å²) in [6, 6.07) is 8.53. The van der Waals surface area contributed by atoms with Gasteiger partial charge < -0.3 is 20.3 Å². The Labute approximate surface area is 213 Å². The van der Waals surface area contributed by atoms with E-state index in [2.05, 4.69) is 26.6 Å². The molecule has 2 aromatic carbocycles. The fourth-order valence-electron chi connectivity index (χ4n) is 5.40. The fourth-order valence-corrected chi connectivity index (χ4v) is 5.40. The number of rotatable bonds is 5. The molecular formula is C28H29FN6O2. The van der Waals surface area contributed by atoms with Crippen LogP contribution in [0.5, 0.6) is 5.75 Å². The molecule has 8 nitrogen and oxygen atoms in total. The van der Waals surface area contributed by atoms with Crippen LogP contribution in [0, 0.1) is 5.82 Å². The summed E-state index contributed by atoms with van der Waals surface area (Å²) in [6.45, 7) is 4.12. The average molecular weight is 501 g/mol. The van der Waals surface area contributed by atoms with Crippen LogP contribution in [0.3, 0.4) is 0 Å². The van der Waals surface area contributed by atoms with Crippen LogP contribution in [0.4, 0.5) is 4.39 Å². The number of benzene rings is 2. The number of aromatic hydroxyl groups is 1. The quantitative estimate of drug-likeness (QED) is 0.325. The Bertz CT molecular complexity index is 1510. The third-order valence-corrected chi connectivity index (χ3v) is 7.45. The average Bonchev–Trinajstić information content (AvgIpc) is 3.70. The molecule has 0 unspecified atom stereocenters. The van der Waals surface area contributed by atoms with E-state index in [0.29, 0.717) is 47.5 Å². The second kappa shape index (κ2) is 9.48. The minimum atomic E-state index is -0.389. The number of carbonyl (C=O) groups is 1. The molecule has 190 valence electrons. The second-order valence-electron chi connectivity index (χ2n) is 9.66. The van der Waals surface area contributed by atoms with Crippen LogP contribution >= 0.6 is 0 Å². The summed E-state index contributed by atoms with van der Waals surface area (Å²) in [5, 5.41) is 21.0. The Morgan fingerprint density at radius 3 is 2.86 bits per heavy atom. The molecule has 37 heavy (non-hydrogen) atoms. The normalized spacial score (nSPS) is 17.9. The summed E-state index contributed by atoms with van der Waals surface area (Å²) < 4.78 is 15.6. The van der Waals surface area contributed by atoms with Crippen LogP contribution in [-0.4, -0.2) is 61.8 Å². The van der Waals surface area contributed by atoms with E-state index in [1.54, 1.807) is 24.3 Å². The number of carbonyl (C=O) groups excluding carboxylic acids is 1. The maximum absolute atomic E-state index is 15.6. The Morgan fingerprint density at radius 2 is 2.11 bits per heavy atom. The highest BCUT2D eigenvalue weighted by molar-refractivity contribution is 5.95. The van der Waals surface area contributed by atoms with E-state index in [4.69, 9.17) is 4.98 Å². The summed E-state index contributed by atoms with van der Waals surface area (Å²) in [6.07, 6.45) is 7.26. The molecule has 4 N–H and O–H groups in total. The molecule has 9 heteroatoms. The molecule has 0 bridgehead atoms. The third-order valence-electron chi connectivity index (χ3n) is 7.45. The largest absolute Gasteiger partial charge is 0.508 e. The maximum Gasteiger partial charge on any atom is 0.239 e. The van der Waals surface area contributed by atoms with Crippen molar-refractivity contribution in [3.63, 3.8) is 0 Å². The van der Waals surface area contributed by atoms with Gasteiger partial charge >= 0.3 is 0 Å². The predicted molar refractivity (Wildman–Crippen MR) is 140 cm³/mol. The number of aromatic amines is 2. The molecule has 1 saturated heterocycles. The van der Waals surface area contributed by atoms with Crippen molar-refractivity contribution in [2.24, 2.45) is 0 Å². The van der Waals surface area contributed by atoms with E-state index >= 15 is 4.39 Å². The number of imidazole rings is 1. The van der Waals surface area contributed by atoms with E-state index in [1.807, 2.05) is 24.1 Å². The number of hydrogen-bond donors (Lipinski definition) is 4. The van der Waals surface area contributed by atoms with Gasteiger partial charge in [-0.2, -0.15) is 5.10 Å². The molecule has 0 aliphatic carbocycles. The lowest BCUT2D eigenvalue weighted by Crippen LogP contribution is -2.45. The number of phenolic OH excluding ortho intramolecular Hbond substituents is 1. The first kappa shape index (κ1) is 23.4. The van der Waals surface area contributed by atoms with Crippen molar-refractivity contribution >= 4 is 22.4 Å². The minimum Gasteiger partial charge on any atom is -0.508 e. The molecule has 0 spiro atoms. The number of amides is 1. The van der Waals surface area contributed by atoms with E-state index < -0.39 is 0 Å². The number of aryl methyl sites for hydroxylation is 1. The van der Waals surface area contributed by atoms with Gasteiger partial charge in [-0.3, -0.25) is 9.89 Å². The van der Waals surface area contributed by atoms with Crippen LogP contribution in [0.1, 0.15) is 37.4 Å². The van der Waals surface area contributed by atoms with Gasteiger partial charge in [0.25, 0.3) is 0 Å². The SMILES string of the molecule is CCc1cc(O)ccc1-c1ccc2c(-c3nc(C4=CCN(C(=O)[C@@H]5CCCN5)CC4)c[nH]3)n[nH]c2c1F. The summed E-state index contributed by atoms with van der Waals surface area (Å²) in [5.74, 6) is 0.512. The molecular weight excluding hydrogens is 471 g/mol. The molecule has 6 rings (SSSR count). The first-order chi connectivity index (χ1) is 18.0. The van der Waals surface area contributed by atoms with Gasteiger partial charge in [-0.15, -0.1) is 0 Å². The summed E-state index contributed by atoms with van der Waals surface area (Å²) in [4.78, 5) is 22.5. The van der Waals surface area contributed by atoms with Gasteiger partial charge in [0.15, 0.2) is 11.6 Å². The standard InChI is InChI=1S/C28H29FN6O2/c1-2-16-14-18(36)5-6-19(16)20-7-8-21-25(24(20)29)33-34-26(21)27-31-15-23(32-27)17-9-12-35(13-10-17)28(37)22-4-3-11-30-22/h5-9,14-15,22,30,36H,2-4,10-13H2,1H3,(H,31,32)(H,33,34)/t22-/m0/s1. The third kappa shape index (κ3) is 4.19. The minimum absolute atomic E-state index is 0.0524. The molecule has 1 fully saturated rings. The van der Waals surface area contributed by atoms with Gasteiger partial charge in [0.2, 0.25) is 5.91 Å². The van der Waals surface area contributed by atoms with Crippen LogP contribution in [0.15, 0.2) is 42.6 Å². The summed E-state index contributed by atoms with van der Waals surface area (Å²) in [5.41, 5.74) is 4.83. The lowest BCUT2D eigenvalue weighted by atomic mass is 9.96. The summed E-state index contributed by atoms with van der Waals surface area (Å²) >= 11 is 0. The van der Waals surface area contributed by atoms with Crippen molar-refractivity contribution in [1.82, 2.24) is 30.4 Å². The lowest BCUT2D eigenvalue weighted by molar-refractivity contribution is -0.132. The number of fused-ring (bicyclic) bond motifs is 1. The van der Waals surface area contributed by atoms with E-state index in [9.17, 15) is 9.90 Å². The highest BCUT2D eigenvalue weighted by Gasteiger charge is 2.28. The highest BCUT2D eigenvalue weighted by Crippen LogP contribution is 2.35. The van der Waals surface area contributed by atoms with Crippen LogP contribution in [-0.2, 0) is 11.2 Å². The zero-order valence-corrected chi connectivity index (χ0v) is 20.6.